The SMILES string of the molecule is CC(C)OC1(C)CC=C2CC=C(Oc3ccc(N=C=O)cc3)C=C2O1. The van der Waals surface area contributed by atoms with E-state index in [4.69, 9.17) is 14.2 Å². The monoisotopic (exact) mass is 339 g/mol. The van der Waals surface area contributed by atoms with Gasteiger partial charge < -0.3 is 14.2 Å². The van der Waals surface area contributed by atoms with Crippen molar-refractivity contribution in [3.05, 3.63) is 59.6 Å². The summed E-state index contributed by atoms with van der Waals surface area (Å²) in [6.45, 7) is 5.94. The molecule has 1 aliphatic carbocycles. The normalized spacial score (nSPS) is 22.0. The van der Waals surface area contributed by atoms with Crippen LogP contribution in [0.25, 0.3) is 0 Å². The lowest BCUT2D eigenvalue weighted by molar-refractivity contribution is -0.222. The van der Waals surface area contributed by atoms with Crippen molar-refractivity contribution in [3.63, 3.8) is 0 Å². The van der Waals surface area contributed by atoms with Crippen LogP contribution in [0, 0.1) is 0 Å². The first kappa shape index (κ1) is 17.2. The number of aliphatic imine (C=N–C) groups is 1. The number of allylic oxidation sites excluding steroid dienone is 3. The van der Waals surface area contributed by atoms with Crippen LogP contribution in [-0.4, -0.2) is 18.0 Å². The Hall–Kier alpha value is -2.62. The zero-order valence-corrected chi connectivity index (χ0v) is 14.6. The predicted octanol–water partition coefficient (Wildman–Crippen LogP) is 4.69. The van der Waals surface area contributed by atoms with Gasteiger partial charge in [0, 0.05) is 19.4 Å². The quantitative estimate of drug-likeness (QED) is 0.577. The Kier molecular flexibility index (Phi) is 4.88. The first-order valence-electron chi connectivity index (χ1n) is 8.31. The molecule has 130 valence electrons. The molecule has 3 rings (SSSR count). The van der Waals surface area contributed by atoms with Crippen molar-refractivity contribution in [3.8, 4) is 5.75 Å². The van der Waals surface area contributed by atoms with Gasteiger partial charge in [-0.3, -0.25) is 0 Å². The van der Waals surface area contributed by atoms with Gasteiger partial charge in [0.1, 0.15) is 17.3 Å². The summed E-state index contributed by atoms with van der Waals surface area (Å²) in [5.41, 5.74) is 1.69. The highest BCUT2D eigenvalue weighted by molar-refractivity contribution is 5.50. The van der Waals surface area contributed by atoms with E-state index in [1.165, 1.54) is 6.08 Å². The van der Waals surface area contributed by atoms with Crippen LogP contribution in [0.4, 0.5) is 5.69 Å². The van der Waals surface area contributed by atoms with E-state index in [1.807, 2.05) is 32.9 Å². The fourth-order valence-electron chi connectivity index (χ4n) is 2.87. The molecule has 0 radical (unpaired) electrons. The molecule has 0 N–H and O–H groups in total. The zero-order chi connectivity index (χ0) is 17.9. The topological polar surface area (TPSA) is 57.1 Å². The lowest BCUT2D eigenvalue weighted by Gasteiger charge is -2.37. The molecule has 0 amide bonds. The van der Waals surface area contributed by atoms with E-state index < -0.39 is 5.79 Å². The summed E-state index contributed by atoms with van der Waals surface area (Å²) in [5.74, 6) is 1.51. The lowest BCUT2D eigenvalue weighted by Crippen LogP contribution is -2.37. The molecule has 0 fully saturated rings. The predicted molar refractivity (Wildman–Crippen MR) is 94.0 cm³/mol. The van der Waals surface area contributed by atoms with Crippen LogP contribution in [0.5, 0.6) is 5.75 Å². The fraction of sp³-hybridized carbons (Fsp3) is 0.350. The molecule has 0 aromatic heterocycles. The average Bonchev–Trinajstić information content (AvgIpc) is 2.55. The maximum Gasteiger partial charge on any atom is 0.240 e. The summed E-state index contributed by atoms with van der Waals surface area (Å²) in [5, 5.41) is 0. The third kappa shape index (κ3) is 4.27. The van der Waals surface area contributed by atoms with Crippen LogP contribution >= 0.6 is 0 Å². The summed E-state index contributed by atoms with van der Waals surface area (Å²) >= 11 is 0. The summed E-state index contributed by atoms with van der Waals surface area (Å²) in [4.78, 5) is 13.8. The summed E-state index contributed by atoms with van der Waals surface area (Å²) in [7, 11) is 0. The molecule has 5 heteroatoms. The number of fused-ring (bicyclic) bond motifs is 1. The molecule has 1 aromatic rings. The van der Waals surface area contributed by atoms with E-state index in [-0.39, 0.29) is 6.10 Å². The maximum atomic E-state index is 10.3. The van der Waals surface area contributed by atoms with Gasteiger partial charge in [0.05, 0.1) is 11.8 Å². The van der Waals surface area contributed by atoms with E-state index in [9.17, 15) is 4.79 Å². The van der Waals surface area contributed by atoms with Crippen molar-refractivity contribution in [1.82, 2.24) is 0 Å². The van der Waals surface area contributed by atoms with Gasteiger partial charge in [-0.05, 0) is 56.2 Å². The van der Waals surface area contributed by atoms with Crippen molar-refractivity contribution in [2.45, 2.75) is 45.5 Å². The Labute approximate surface area is 147 Å². The molecule has 1 atom stereocenters. The Balaban J connectivity index is 1.73. The molecule has 1 aromatic carbocycles. The summed E-state index contributed by atoms with van der Waals surface area (Å²) < 4.78 is 17.9. The molecule has 0 bridgehead atoms. The molecule has 25 heavy (non-hydrogen) atoms. The Morgan fingerprint density at radius 3 is 2.68 bits per heavy atom. The van der Waals surface area contributed by atoms with Crippen LogP contribution in [0.2, 0.25) is 0 Å². The van der Waals surface area contributed by atoms with Crippen molar-refractivity contribution in [2.75, 3.05) is 0 Å². The molecular formula is C20H21NO4. The minimum absolute atomic E-state index is 0.0861. The van der Waals surface area contributed by atoms with E-state index in [0.29, 0.717) is 17.2 Å². The molecule has 1 aliphatic heterocycles. The largest absolute Gasteiger partial charge is 0.462 e. The number of hydrogen-bond donors (Lipinski definition) is 0. The zero-order valence-electron chi connectivity index (χ0n) is 14.6. The molecular weight excluding hydrogens is 318 g/mol. The van der Waals surface area contributed by atoms with Gasteiger partial charge in [0.2, 0.25) is 11.9 Å². The second-order valence-electron chi connectivity index (χ2n) is 6.45. The molecule has 5 nitrogen and oxygen atoms in total. The number of hydrogen-bond acceptors (Lipinski definition) is 5. The molecule has 1 heterocycles. The van der Waals surface area contributed by atoms with E-state index >= 15 is 0 Å². The smallest absolute Gasteiger partial charge is 0.240 e. The van der Waals surface area contributed by atoms with Crippen LogP contribution in [0.3, 0.4) is 0 Å². The van der Waals surface area contributed by atoms with Crippen LogP contribution in [0.15, 0.2) is 64.6 Å². The standard InChI is InChI=1S/C20H21NO4/c1-14(2)24-20(3)11-10-15-4-7-18(12-19(15)25-20)23-17-8-5-16(6-9-17)21-13-22/h5-10,12,14H,4,11H2,1-3H3. The van der Waals surface area contributed by atoms with Gasteiger partial charge in [0.15, 0.2) is 0 Å². The van der Waals surface area contributed by atoms with Crippen molar-refractivity contribution in [1.29, 1.82) is 0 Å². The third-order valence-electron chi connectivity index (χ3n) is 3.89. The molecule has 0 spiro atoms. The summed E-state index contributed by atoms with van der Waals surface area (Å²) in [6, 6.07) is 6.92. The number of ether oxygens (including phenoxy) is 3. The molecule has 2 aliphatic rings. The average molecular weight is 339 g/mol. The fourth-order valence-corrected chi connectivity index (χ4v) is 2.87. The van der Waals surface area contributed by atoms with E-state index in [1.54, 1.807) is 24.3 Å². The first-order valence-corrected chi connectivity index (χ1v) is 8.31. The minimum atomic E-state index is -0.652. The van der Waals surface area contributed by atoms with Gasteiger partial charge >= 0.3 is 0 Å². The first-order chi connectivity index (χ1) is 12.0. The Morgan fingerprint density at radius 1 is 1.24 bits per heavy atom. The van der Waals surface area contributed by atoms with Crippen molar-refractivity contribution in [2.24, 2.45) is 4.99 Å². The van der Waals surface area contributed by atoms with Gasteiger partial charge in [-0.25, -0.2) is 4.79 Å². The highest BCUT2D eigenvalue weighted by Crippen LogP contribution is 2.37. The second kappa shape index (κ2) is 7.09. The van der Waals surface area contributed by atoms with Gasteiger partial charge in [-0.15, -0.1) is 0 Å². The van der Waals surface area contributed by atoms with Crippen molar-refractivity contribution < 1.29 is 19.0 Å². The van der Waals surface area contributed by atoms with Crippen molar-refractivity contribution >= 4 is 11.8 Å². The number of rotatable bonds is 5. The molecule has 1 unspecified atom stereocenters. The van der Waals surface area contributed by atoms with E-state index in [2.05, 4.69) is 11.1 Å². The lowest BCUT2D eigenvalue weighted by atomic mass is 9.98. The highest BCUT2D eigenvalue weighted by atomic mass is 16.7. The van der Waals surface area contributed by atoms with Gasteiger partial charge in [0.25, 0.3) is 0 Å². The Morgan fingerprint density at radius 2 is 2.00 bits per heavy atom. The van der Waals surface area contributed by atoms with Crippen LogP contribution in [0.1, 0.15) is 33.6 Å². The third-order valence-corrected chi connectivity index (χ3v) is 3.89. The van der Waals surface area contributed by atoms with Crippen LogP contribution < -0.4 is 4.74 Å². The number of nitrogens with zero attached hydrogens (tertiary/aromatic N) is 1. The number of benzene rings is 1. The number of carbonyl (C=O) groups excluding carboxylic acids is 1. The van der Waals surface area contributed by atoms with E-state index in [0.717, 1.165) is 24.2 Å². The Bertz CT molecular complexity index is 782. The number of isocyanates is 1. The molecule has 0 saturated heterocycles. The molecule has 0 saturated carbocycles. The maximum absolute atomic E-state index is 10.3. The summed E-state index contributed by atoms with van der Waals surface area (Å²) in [6.07, 6.45) is 9.14. The van der Waals surface area contributed by atoms with Gasteiger partial charge in [-0.2, -0.15) is 4.99 Å². The second-order valence-corrected chi connectivity index (χ2v) is 6.45. The van der Waals surface area contributed by atoms with Crippen LogP contribution in [-0.2, 0) is 14.3 Å². The van der Waals surface area contributed by atoms with Gasteiger partial charge in [-0.1, -0.05) is 6.08 Å². The minimum Gasteiger partial charge on any atom is -0.462 e. The highest BCUT2D eigenvalue weighted by Gasteiger charge is 2.34.